The highest BCUT2D eigenvalue weighted by Gasteiger charge is 2.47. The van der Waals surface area contributed by atoms with Crippen molar-refractivity contribution in [2.24, 2.45) is 4.99 Å². The van der Waals surface area contributed by atoms with Gasteiger partial charge in [-0.3, -0.25) is 0 Å². The first-order valence-electron chi connectivity index (χ1n) is 9.26. The molecule has 4 nitrogen and oxygen atoms in total. The molecule has 0 bridgehead atoms. The number of ether oxygens (including phenoxy) is 2. The van der Waals surface area contributed by atoms with Gasteiger partial charge in [0.2, 0.25) is 5.90 Å². The van der Waals surface area contributed by atoms with Crippen LogP contribution in [-0.4, -0.2) is 29.6 Å². The molecule has 0 spiro atoms. The third-order valence-corrected chi connectivity index (χ3v) is 4.41. The average molecular weight is 423 g/mol. The fourth-order valence-corrected chi connectivity index (χ4v) is 2.98. The molecule has 1 aliphatic rings. The first-order chi connectivity index (χ1) is 13.9. The molecule has 0 fully saturated rings. The second-order valence-electron chi connectivity index (χ2n) is 8.12. The van der Waals surface area contributed by atoms with E-state index in [-0.39, 0.29) is 18.9 Å². The van der Waals surface area contributed by atoms with Crippen LogP contribution in [0.4, 0.5) is 17.6 Å². The molecule has 1 aliphatic heterocycles. The molecule has 8 heteroatoms. The van der Waals surface area contributed by atoms with Crippen molar-refractivity contribution in [3.8, 4) is 0 Å². The lowest BCUT2D eigenvalue weighted by Crippen LogP contribution is -2.45. The lowest BCUT2D eigenvalue weighted by atomic mass is 9.92. The number of hydrogen-bond acceptors (Lipinski definition) is 4. The van der Waals surface area contributed by atoms with Gasteiger partial charge in [-0.05, 0) is 62.7 Å². The van der Waals surface area contributed by atoms with E-state index >= 15 is 0 Å². The number of esters is 1. The molecule has 160 valence electrons. The summed E-state index contributed by atoms with van der Waals surface area (Å²) in [4.78, 5) is 17.4. The normalized spacial score (nSPS) is 19.2. The van der Waals surface area contributed by atoms with Gasteiger partial charge in [-0.25, -0.2) is 14.2 Å². The number of aliphatic imine (C=N–C) groups is 1. The van der Waals surface area contributed by atoms with Crippen LogP contribution in [0.25, 0.3) is 0 Å². The van der Waals surface area contributed by atoms with Gasteiger partial charge in [-0.2, -0.15) is 13.2 Å². The number of halogens is 4. The summed E-state index contributed by atoms with van der Waals surface area (Å²) >= 11 is 0. The molecule has 2 aromatic carbocycles. The minimum absolute atomic E-state index is 0.0525. The Kier molecular flexibility index (Phi) is 5.62. The molecule has 0 aliphatic carbocycles. The molecule has 2 aromatic rings. The second-order valence-corrected chi connectivity index (χ2v) is 8.12. The Morgan fingerprint density at radius 2 is 1.67 bits per heavy atom. The van der Waals surface area contributed by atoms with Gasteiger partial charge in [-0.1, -0.05) is 12.1 Å². The molecule has 0 saturated carbocycles. The van der Waals surface area contributed by atoms with E-state index in [4.69, 9.17) is 9.47 Å². The average Bonchev–Trinajstić information content (AvgIpc) is 3.07. The summed E-state index contributed by atoms with van der Waals surface area (Å²) in [5, 5.41) is 0. The van der Waals surface area contributed by atoms with Gasteiger partial charge < -0.3 is 9.47 Å². The van der Waals surface area contributed by atoms with Gasteiger partial charge in [-0.15, -0.1) is 0 Å². The van der Waals surface area contributed by atoms with E-state index in [9.17, 15) is 22.4 Å². The van der Waals surface area contributed by atoms with Crippen LogP contribution in [0.15, 0.2) is 53.5 Å². The highest BCUT2D eigenvalue weighted by molar-refractivity contribution is 5.99. The molecular formula is C22H21F4NO3. The van der Waals surface area contributed by atoms with Crippen molar-refractivity contribution in [1.82, 2.24) is 0 Å². The molecule has 0 aromatic heterocycles. The Morgan fingerprint density at radius 1 is 1.07 bits per heavy atom. The molecule has 0 amide bonds. The van der Waals surface area contributed by atoms with Crippen LogP contribution >= 0.6 is 0 Å². The Bertz CT molecular complexity index is 944. The molecule has 0 N–H and O–H groups in total. The maximum absolute atomic E-state index is 13.3. The molecule has 30 heavy (non-hydrogen) atoms. The van der Waals surface area contributed by atoms with Crippen LogP contribution in [0.1, 0.15) is 37.5 Å². The SMILES string of the molecule is CC(C)(C)OC(=O)[C@]1(Cc2ccc(F)cc2)COC(c2ccc(C(F)(F)F)cc2)=N1. The first kappa shape index (κ1) is 21.8. The zero-order chi connectivity index (χ0) is 22.2. The largest absolute Gasteiger partial charge is 0.474 e. The Hall–Kier alpha value is -2.90. The van der Waals surface area contributed by atoms with Crippen molar-refractivity contribution in [3.63, 3.8) is 0 Å². The van der Waals surface area contributed by atoms with Gasteiger partial charge in [0.25, 0.3) is 0 Å². The van der Waals surface area contributed by atoms with E-state index in [1.54, 1.807) is 20.8 Å². The van der Waals surface area contributed by atoms with Crippen molar-refractivity contribution in [1.29, 1.82) is 0 Å². The van der Waals surface area contributed by atoms with Gasteiger partial charge >= 0.3 is 12.1 Å². The minimum atomic E-state index is -4.46. The predicted octanol–water partition coefficient (Wildman–Crippen LogP) is 4.94. The highest BCUT2D eigenvalue weighted by Crippen LogP contribution is 2.32. The molecule has 0 radical (unpaired) electrons. The third-order valence-electron chi connectivity index (χ3n) is 4.41. The maximum Gasteiger partial charge on any atom is 0.416 e. The van der Waals surface area contributed by atoms with Crippen LogP contribution in [0.5, 0.6) is 0 Å². The predicted molar refractivity (Wildman–Crippen MR) is 103 cm³/mol. The van der Waals surface area contributed by atoms with E-state index < -0.39 is 34.7 Å². The molecule has 0 unspecified atom stereocenters. The fourth-order valence-electron chi connectivity index (χ4n) is 2.98. The summed E-state index contributed by atoms with van der Waals surface area (Å²) in [6.45, 7) is 5.00. The standard InChI is InChI=1S/C22H21F4NO3/c1-20(2,3)30-19(28)21(12-14-4-10-17(23)11-5-14)13-29-18(27-21)15-6-8-16(9-7-15)22(24,25)26/h4-11H,12-13H2,1-3H3/t21-/m0/s1. The van der Waals surface area contributed by atoms with Crippen LogP contribution in [0.3, 0.4) is 0 Å². The molecule has 1 atom stereocenters. The summed E-state index contributed by atoms with van der Waals surface area (Å²) in [6, 6.07) is 9.95. The number of nitrogens with zero attached hydrogens (tertiary/aromatic N) is 1. The minimum Gasteiger partial charge on any atom is -0.474 e. The maximum atomic E-state index is 13.3. The van der Waals surface area contributed by atoms with E-state index in [0.29, 0.717) is 11.1 Å². The Labute approximate surface area is 171 Å². The fraction of sp³-hybridized carbons (Fsp3) is 0.364. The van der Waals surface area contributed by atoms with Gasteiger partial charge in [0.15, 0.2) is 5.54 Å². The molecule has 0 saturated heterocycles. The van der Waals surface area contributed by atoms with Crippen molar-refractivity contribution < 1.29 is 31.8 Å². The van der Waals surface area contributed by atoms with E-state index in [2.05, 4.69) is 4.99 Å². The number of rotatable bonds is 4. The summed E-state index contributed by atoms with van der Waals surface area (Å²) < 4.78 is 62.8. The zero-order valence-corrected chi connectivity index (χ0v) is 16.7. The van der Waals surface area contributed by atoms with Crippen molar-refractivity contribution >= 4 is 11.9 Å². The number of carbonyl (C=O) groups is 1. The van der Waals surface area contributed by atoms with Crippen molar-refractivity contribution in [3.05, 3.63) is 71.0 Å². The van der Waals surface area contributed by atoms with Crippen LogP contribution < -0.4 is 0 Å². The number of hydrogen-bond donors (Lipinski definition) is 0. The topological polar surface area (TPSA) is 47.9 Å². The monoisotopic (exact) mass is 423 g/mol. The smallest absolute Gasteiger partial charge is 0.416 e. The van der Waals surface area contributed by atoms with E-state index in [1.165, 1.54) is 36.4 Å². The zero-order valence-electron chi connectivity index (χ0n) is 16.7. The van der Waals surface area contributed by atoms with E-state index in [0.717, 1.165) is 12.1 Å². The van der Waals surface area contributed by atoms with Crippen LogP contribution in [0, 0.1) is 5.82 Å². The lowest BCUT2D eigenvalue weighted by Gasteiger charge is -2.28. The molecular weight excluding hydrogens is 402 g/mol. The molecule has 1 heterocycles. The van der Waals surface area contributed by atoms with Crippen molar-refractivity contribution in [2.45, 2.75) is 44.5 Å². The Morgan fingerprint density at radius 3 is 2.20 bits per heavy atom. The Balaban J connectivity index is 1.95. The van der Waals surface area contributed by atoms with Crippen LogP contribution in [0.2, 0.25) is 0 Å². The molecule has 3 rings (SSSR count). The van der Waals surface area contributed by atoms with Gasteiger partial charge in [0.05, 0.1) is 5.56 Å². The van der Waals surface area contributed by atoms with Gasteiger partial charge in [0.1, 0.15) is 18.0 Å². The van der Waals surface area contributed by atoms with Crippen molar-refractivity contribution in [2.75, 3.05) is 6.61 Å². The highest BCUT2D eigenvalue weighted by atomic mass is 19.4. The summed E-state index contributed by atoms with van der Waals surface area (Å²) in [6.07, 6.45) is -4.37. The quantitative estimate of drug-likeness (QED) is 0.517. The number of alkyl halides is 3. The summed E-state index contributed by atoms with van der Waals surface area (Å²) in [5.41, 5.74) is -2.05. The second kappa shape index (κ2) is 7.74. The number of carbonyl (C=O) groups excluding carboxylic acids is 1. The van der Waals surface area contributed by atoms with Gasteiger partial charge in [0, 0.05) is 12.0 Å². The summed E-state index contributed by atoms with van der Waals surface area (Å²) in [7, 11) is 0. The summed E-state index contributed by atoms with van der Waals surface area (Å²) in [5.74, 6) is -0.986. The third kappa shape index (κ3) is 4.98. The number of benzene rings is 2. The first-order valence-corrected chi connectivity index (χ1v) is 9.26. The van der Waals surface area contributed by atoms with Crippen LogP contribution in [-0.2, 0) is 26.9 Å². The lowest BCUT2D eigenvalue weighted by molar-refractivity contribution is -0.162. The van der Waals surface area contributed by atoms with E-state index in [1.807, 2.05) is 0 Å².